The van der Waals surface area contributed by atoms with Crippen LogP contribution in [0.4, 0.5) is 13.2 Å². The first-order valence-electron chi connectivity index (χ1n) is 8.03. The number of hydrogen-bond acceptors (Lipinski definition) is 4. The minimum Gasteiger partial charge on any atom is -0.490 e. The highest BCUT2D eigenvalue weighted by Gasteiger charge is 2.33. The van der Waals surface area contributed by atoms with Gasteiger partial charge in [-0.05, 0) is 44.0 Å². The predicted octanol–water partition coefficient (Wildman–Crippen LogP) is 2.96. The second-order valence-electron chi connectivity index (χ2n) is 6.01. The maximum atomic E-state index is 12.9. The Morgan fingerprint density at radius 1 is 1.19 bits per heavy atom. The largest absolute Gasteiger partial charge is 0.490 e. The molecule has 2 heterocycles. The van der Waals surface area contributed by atoms with Gasteiger partial charge in [0.1, 0.15) is 22.6 Å². The normalized spacial score (nSPS) is 17.0. The van der Waals surface area contributed by atoms with Crippen molar-refractivity contribution >= 4 is 10.0 Å². The Balaban J connectivity index is 1.66. The quantitative estimate of drug-likeness (QED) is 0.789. The molecule has 2 aromatic rings. The molecule has 1 saturated heterocycles. The highest BCUT2D eigenvalue weighted by Crippen LogP contribution is 2.26. The van der Waals surface area contributed by atoms with Crippen LogP contribution in [0.5, 0.6) is 5.75 Å². The van der Waals surface area contributed by atoms with Crippen LogP contribution in [0, 0.1) is 12.7 Å². The Bertz CT molecular complexity index is 861. The van der Waals surface area contributed by atoms with Gasteiger partial charge in [0.15, 0.2) is 0 Å². The molecule has 0 aliphatic carbocycles. The molecule has 1 aromatic heterocycles. The van der Waals surface area contributed by atoms with E-state index in [2.05, 4.69) is 5.10 Å². The van der Waals surface area contributed by atoms with Gasteiger partial charge in [-0.15, -0.1) is 0 Å². The van der Waals surface area contributed by atoms with Gasteiger partial charge in [0, 0.05) is 13.1 Å². The van der Waals surface area contributed by atoms with Crippen molar-refractivity contribution in [1.82, 2.24) is 14.1 Å². The summed E-state index contributed by atoms with van der Waals surface area (Å²) in [5.41, 5.74) is 0.0370. The van der Waals surface area contributed by atoms with Crippen LogP contribution in [-0.2, 0) is 10.0 Å². The summed E-state index contributed by atoms with van der Waals surface area (Å²) in [5, 5.41) is 3.55. The lowest BCUT2D eigenvalue weighted by molar-refractivity contribution is 0.0561. The second-order valence-corrected chi connectivity index (χ2v) is 7.92. The van der Waals surface area contributed by atoms with E-state index in [0.717, 1.165) is 6.20 Å². The number of rotatable bonds is 5. The van der Waals surface area contributed by atoms with E-state index in [1.165, 1.54) is 35.5 Å². The van der Waals surface area contributed by atoms with E-state index < -0.39 is 16.6 Å². The fourth-order valence-electron chi connectivity index (χ4n) is 2.85. The van der Waals surface area contributed by atoms with Crippen LogP contribution in [0.1, 0.15) is 25.1 Å². The van der Waals surface area contributed by atoms with Crippen molar-refractivity contribution in [3.8, 4) is 5.75 Å². The zero-order valence-corrected chi connectivity index (χ0v) is 14.8. The highest BCUT2D eigenvalue weighted by atomic mass is 32.2. The van der Waals surface area contributed by atoms with E-state index >= 15 is 0 Å². The SMILES string of the molecule is Cc1nn(C(F)F)cc1S(=O)(=O)N1CCC(Oc2ccc(F)cc2)CC1. The Morgan fingerprint density at radius 3 is 2.35 bits per heavy atom. The Hall–Kier alpha value is -2.07. The molecule has 6 nitrogen and oxygen atoms in total. The lowest BCUT2D eigenvalue weighted by Crippen LogP contribution is -2.41. The molecule has 0 spiro atoms. The first-order valence-corrected chi connectivity index (χ1v) is 9.47. The Labute approximate surface area is 149 Å². The number of sulfonamides is 1. The smallest absolute Gasteiger partial charge is 0.333 e. The third-order valence-corrected chi connectivity index (χ3v) is 6.21. The molecule has 1 aromatic carbocycles. The van der Waals surface area contributed by atoms with E-state index in [0.29, 0.717) is 23.3 Å². The van der Waals surface area contributed by atoms with Gasteiger partial charge in [0.25, 0.3) is 0 Å². The van der Waals surface area contributed by atoms with Crippen LogP contribution in [0.3, 0.4) is 0 Å². The molecule has 1 aliphatic heterocycles. The van der Waals surface area contributed by atoms with Crippen molar-refractivity contribution in [2.75, 3.05) is 13.1 Å². The summed E-state index contributed by atoms with van der Waals surface area (Å²) in [6.45, 7) is -1.11. The number of ether oxygens (including phenoxy) is 1. The minimum atomic E-state index is -3.90. The number of hydrogen-bond donors (Lipinski definition) is 0. The van der Waals surface area contributed by atoms with E-state index in [-0.39, 0.29) is 35.6 Å². The zero-order chi connectivity index (χ0) is 18.9. The molecule has 10 heteroatoms. The summed E-state index contributed by atoms with van der Waals surface area (Å²) < 4.78 is 71.1. The van der Waals surface area contributed by atoms with Crippen LogP contribution in [-0.4, -0.2) is 41.7 Å². The Kier molecular flexibility index (Phi) is 5.24. The van der Waals surface area contributed by atoms with Crippen molar-refractivity contribution < 1.29 is 26.3 Å². The van der Waals surface area contributed by atoms with Crippen LogP contribution < -0.4 is 4.74 Å². The number of nitrogens with zero attached hydrogens (tertiary/aromatic N) is 3. The average Bonchev–Trinajstić information content (AvgIpc) is 3.00. The molecule has 0 unspecified atom stereocenters. The van der Waals surface area contributed by atoms with Crippen molar-refractivity contribution in [2.24, 2.45) is 0 Å². The van der Waals surface area contributed by atoms with E-state index in [4.69, 9.17) is 4.74 Å². The van der Waals surface area contributed by atoms with Gasteiger partial charge < -0.3 is 4.74 Å². The molecule has 0 saturated carbocycles. The fraction of sp³-hybridized carbons (Fsp3) is 0.438. The second kappa shape index (κ2) is 7.28. The highest BCUT2D eigenvalue weighted by molar-refractivity contribution is 7.89. The number of halogens is 3. The molecule has 0 amide bonds. The molecule has 142 valence electrons. The van der Waals surface area contributed by atoms with Crippen molar-refractivity contribution in [3.63, 3.8) is 0 Å². The Morgan fingerprint density at radius 2 is 1.81 bits per heavy atom. The van der Waals surface area contributed by atoms with Crippen LogP contribution in [0.25, 0.3) is 0 Å². The molecular formula is C16H18F3N3O3S. The third-order valence-electron chi connectivity index (χ3n) is 4.21. The van der Waals surface area contributed by atoms with Gasteiger partial charge in [0.2, 0.25) is 10.0 Å². The molecule has 1 fully saturated rings. The number of piperidine rings is 1. The van der Waals surface area contributed by atoms with E-state index in [1.54, 1.807) is 0 Å². The molecule has 3 rings (SSSR count). The number of alkyl halides is 2. The van der Waals surface area contributed by atoms with Gasteiger partial charge >= 0.3 is 6.55 Å². The lowest BCUT2D eigenvalue weighted by atomic mass is 10.1. The van der Waals surface area contributed by atoms with Crippen molar-refractivity contribution in [1.29, 1.82) is 0 Å². The van der Waals surface area contributed by atoms with Crippen molar-refractivity contribution in [2.45, 2.75) is 37.3 Å². The topological polar surface area (TPSA) is 64.4 Å². The van der Waals surface area contributed by atoms with Gasteiger partial charge in [0.05, 0.1) is 11.9 Å². The maximum Gasteiger partial charge on any atom is 0.333 e. The number of aryl methyl sites for hydroxylation is 1. The summed E-state index contributed by atoms with van der Waals surface area (Å²) >= 11 is 0. The average molecular weight is 389 g/mol. The summed E-state index contributed by atoms with van der Waals surface area (Å²) in [7, 11) is -3.90. The van der Waals surface area contributed by atoms with Gasteiger partial charge in [-0.1, -0.05) is 0 Å². The molecule has 0 N–H and O–H groups in total. The monoisotopic (exact) mass is 389 g/mol. The van der Waals surface area contributed by atoms with Crippen LogP contribution in [0.2, 0.25) is 0 Å². The third kappa shape index (κ3) is 3.85. The predicted molar refractivity (Wildman–Crippen MR) is 87.0 cm³/mol. The van der Waals surface area contributed by atoms with Gasteiger partial charge in [-0.3, -0.25) is 0 Å². The van der Waals surface area contributed by atoms with Gasteiger partial charge in [-0.25, -0.2) is 17.5 Å². The molecule has 0 atom stereocenters. The van der Waals surface area contributed by atoms with E-state index in [1.807, 2.05) is 0 Å². The molecule has 1 aliphatic rings. The van der Waals surface area contributed by atoms with Crippen molar-refractivity contribution in [3.05, 3.63) is 42.0 Å². The first-order chi connectivity index (χ1) is 12.3. The summed E-state index contributed by atoms with van der Waals surface area (Å²) in [6.07, 6.45) is 1.55. The number of benzene rings is 1. The summed E-state index contributed by atoms with van der Waals surface area (Å²) in [5.74, 6) is 0.153. The molecule has 26 heavy (non-hydrogen) atoms. The summed E-state index contributed by atoms with van der Waals surface area (Å²) in [6, 6.07) is 5.61. The first kappa shape index (κ1) is 18.7. The van der Waals surface area contributed by atoms with E-state index in [9.17, 15) is 21.6 Å². The minimum absolute atomic E-state index is 0.0370. The molecule has 0 bridgehead atoms. The van der Waals surface area contributed by atoms with Crippen LogP contribution in [0.15, 0.2) is 35.4 Å². The lowest BCUT2D eigenvalue weighted by Gasteiger charge is -2.31. The van der Waals surface area contributed by atoms with Gasteiger partial charge in [-0.2, -0.15) is 18.2 Å². The zero-order valence-electron chi connectivity index (χ0n) is 14.0. The number of aromatic nitrogens is 2. The molecular weight excluding hydrogens is 371 g/mol. The molecule has 0 radical (unpaired) electrons. The summed E-state index contributed by atoms with van der Waals surface area (Å²) in [4.78, 5) is -0.212. The maximum absolute atomic E-state index is 12.9. The fourth-order valence-corrected chi connectivity index (χ4v) is 4.48. The van der Waals surface area contributed by atoms with Crippen LogP contribution >= 0.6 is 0 Å². The standard InChI is InChI=1S/C16H18F3N3O3S/c1-11-15(10-22(20-11)16(18)19)26(23,24)21-8-6-14(7-9-21)25-13-4-2-12(17)3-5-13/h2-5,10,14,16H,6-9H2,1H3.